The van der Waals surface area contributed by atoms with E-state index in [1.165, 1.54) is 51.7 Å². The molecule has 1 unspecified atom stereocenters. The monoisotopic (exact) mass is 266 g/mol. The molecule has 1 heterocycles. The number of nitrogens with zero attached hydrogens (tertiary/aromatic N) is 2. The lowest BCUT2D eigenvalue weighted by atomic mass is 9.86. The zero-order chi connectivity index (χ0) is 13.5. The molecule has 3 N–H and O–H groups in total. The van der Waals surface area contributed by atoms with Crippen LogP contribution in [-0.2, 0) is 0 Å². The fraction of sp³-hybridized carbons (Fsp3) is 0.933. The normalized spacial score (nSPS) is 26.2. The van der Waals surface area contributed by atoms with E-state index in [2.05, 4.69) is 22.1 Å². The fourth-order valence-electron chi connectivity index (χ4n) is 2.97. The van der Waals surface area contributed by atoms with Crippen LogP contribution in [0.15, 0.2) is 4.99 Å². The van der Waals surface area contributed by atoms with E-state index in [1.807, 2.05) is 0 Å². The molecule has 4 nitrogen and oxygen atoms in total. The average molecular weight is 266 g/mol. The lowest BCUT2D eigenvalue weighted by Crippen LogP contribution is -2.38. The summed E-state index contributed by atoms with van der Waals surface area (Å²) >= 11 is 0. The summed E-state index contributed by atoms with van der Waals surface area (Å²) in [5.74, 6) is 2.31. The number of piperidine rings is 1. The van der Waals surface area contributed by atoms with Gasteiger partial charge in [-0.2, -0.15) is 0 Å². The van der Waals surface area contributed by atoms with Crippen molar-refractivity contribution in [3.63, 3.8) is 0 Å². The highest BCUT2D eigenvalue weighted by molar-refractivity contribution is 5.77. The molecule has 0 bridgehead atoms. The van der Waals surface area contributed by atoms with Crippen LogP contribution in [0.4, 0.5) is 0 Å². The van der Waals surface area contributed by atoms with Gasteiger partial charge in [-0.15, -0.1) is 0 Å². The van der Waals surface area contributed by atoms with E-state index in [0.29, 0.717) is 5.96 Å². The van der Waals surface area contributed by atoms with Gasteiger partial charge in [-0.1, -0.05) is 13.3 Å². The Bertz CT molecular complexity index is 286. The maximum absolute atomic E-state index is 5.87. The van der Waals surface area contributed by atoms with Crippen molar-refractivity contribution in [3.05, 3.63) is 0 Å². The van der Waals surface area contributed by atoms with E-state index in [0.717, 1.165) is 31.3 Å². The van der Waals surface area contributed by atoms with Crippen molar-refractivity contribution in [2.45, 2.75) is 45.4 Å². The van der Waals surface area contributed by atoms with Gasteiger partial charge in [0.05, 0.1) is 0 Å². The summed E-state index contributed by atoms with van der Waals surface area (Å²) in [6, 6.07) is 0. The molecule has 4 heteroatoms. The molecule has 0 spiro atoms. The lowest BCUT2D eigenvalue weighted by molar-refractivity contribution is 0.182. The van der Waals surface area contributed by atoms with Gasteiger partial charge in [0.2, 0.25) is 0 Å². The van der Waals surface area contributed by atoms with Crippen LogP contribution < -0.4 is 11.1 Å². The van der Waals surface area contributed by atoms with E-state index < -0.39 is 0 Å². The number of guanidine groups is 1. The Labute approximate surface area is 117 Å². The summed E-state index contributed by atoms with van der Waals surface area (Å²) in [5.41, 5.74) is 5.87. The minimum atomic E-state index is 0.638. The van der Waals surface area contributed by atoms with Crippen LogP contribution in [0, 0.1) is 11.8 Å². The first kappa shape index (κ1) is 14.6. The van der Waals surface area contributed by atoms with Gasteiger partial charge < -0.3 is 16.0 Å². The Morgan fingerprint density at radius 2 is 2.16 bits per heavy atom. The highest BCUT2D eigenvalue weighted by Crippen LogP contribution is 2.26. The summed E-state index contributed by atoms with van der Waals surface area (Å²) in [4.78, 5) is 6.99. The molecule has 2 aliphatic rings. The zero-order valence-electron chi connectivity index (χ0n) is 12.4. The first-order chi connectivity index (χ1) is 9.24. The molecule has 1 atom stereocenters. The van der Waals surface area contributed by atoms with Gasteiger partial charge in [0.15, 0.2) is 5.96 Å². The predicted octanol–water partition coefficient (Wildman–Crippen LogP) is 1.81. The molecule has 19 heavy (non-hydrogen) atoms. The lowest BCUT2D eigenvalue weighted by Gasteiger charge is -2.30. The number of hydrogen-bond donors (Lipinski definition) is 2. The minimum Gasteiger partial charge on any atom is -0.370 e. The third-order valence-electron chi connectivity index (χ3n) is 4.44. The Morgan fingerprint density at radius 1 is 1.32 bits per heavy atom. The van der Waals surface area contributed by atoms with Crippen molar-refractivity contribution in [2.75, 3.05) is 32.7 Å². The minimum absolute atomic E-state index is 0.638. The molecule has 0 radical (unpaired) electrons. The van der Waals surface area contributed by atoms with E-state index in [-0.39, 0.29) is 0 Å². The van der Waals surface area contributed by atoms with Crippen molar-refractivity contribution >= 4 is 5.96 Å². The molecule has 2 fully saturated rings. The molecule has 110 valence electrons. The zero-order valence-corrected chi connectivity index (χ0v) is 12.4. The van der Waals surface area contributed by atoms with Gasteiger partial charge in [0.25, 0.3) is 0 Å². The van der Waals surface area contributed by atoms with Gasteiger partial charge in [-0.05, 0) is 57.0 Å². The Hall–Kier alpha value is -0.770. The Balaban J connectivity index is 1.50. The predicted molar refractivity (Wildman–Crippen MR) is 81.3 cm³/mol. The smallest absolute Gasteiger partial charge is 0.188 e. The summed E-state index contributed by atoms with van der Waals surface area (Å²) in [5, 5.41) is 3.24. The molecule has 1 saturated heterocycles. The SMILES string of the molecule is CC1CCCN(CCCNC(N)=NCC2CCC2)C1. The van der Waals surface area contributed by atoms with Crippen LogP contribution in [0.2, 0.25) is 0 Å². The van der Waals surface area contributed by atoms with Gasteiger partial charge >= 0.3 is 0 Å². The molecular formula is C15H30N4. The van der Waals surface area contributed by atoms with E-state index in [4.69, 9.17) is 5.73 Å². The van der Waals surface area contributed by atoms with Crippen LogP contribution in [0.5, 0.6) is 0 Å². The van der Waals surface area contributed by atoms with Crippen LogP contribution in [0.3, 0.4) is 0 Å². The first-order valence-corrected chi connectivity index (χ1v) is 8.00. The third-order valence-corrected chi connectivity index (χ3v) is 4.44. The van der Waals surface area contributed by atoms with Crippen molar-refractivity contribution in [1.82, 2.24) is 10.2 Å². The number of nitrogens with two attached hydrogens (primary N) is 1. The summed E-state index contributed by atoms with van der Waals surface area (Å²) in [6.07, 6.45) is 7.97. The largest absolute Gasteiger partial charge is 0.370 e. The topological polar surface area (TPSA) is 53.6 Å². The van der Waals surface area contributed by atoms with E-state index in [9.17, 15) is 0 Å². The molecule has 1 saturated carbocycles. The molecule has 0 amide bonds. The number of rotatable bonds is 6. The van der Waals surface area contributed by atoms with Crippen molar-refractivity contribution in [2.24, 2.45) is 22.6 Å². The number of hydrogen-bond acceptors (Lipinski definition) is 2. The first-order valence-electron chi connectivity index (χ1n) is 8.00. The van der Waals surface area contributed by atoms with Crippen molar-refractivity contribution in [3.8, 4) is 0 Å². The number of aliphatic imine (C=N–C) groups is 1. The highest BCUT2D eigenvalue weighted by Gasteiger charge is 2.16. The summed E-state index contributed by atoms with van der Waals surface area (Å²) in [6.45, 7) is 7.96. The van der Waals surface area contributed by atoms with E-state index >= 15 is 0 Å². The summed E-state index contributed by atoms with van der Waals surface area (Å²) < 4.78 is 0. The molecule has 0 aromatic heterocycles. The Morgan fingerprint density at radius 3 is 2.84 bits per heavy atom. The fourth-order valence-corrected chi connectivity index (χ4v) is 2.97. The standard InChI is InChI=1S/C15H30N4/c1-13-5-3-9-19(12-13)10-4-8-17-15(16)18-11-14-6-2-7-14/h13-14H,2-12H2,1H3,(H3,16,17,18). The number of nitrogens with one attached hydrogen (secondary N) is 1. The molecular weight excluding hydrogens is 236 g/mol. The van der Waals surface area contributed by atoms with Gasteiger partial charge in [-0.25, -0.2) is 0 Å². The molecule has 0 aromatic rings. The van der Waals surface area contributed by atoms with Crippen molar-refractivity contribution < 1.29 is 0 Å². The quantitative estimate of drug-likeness (QED) is 0.438. The van der Waals surface area contributed by atoms with Crippen LogP contribution in [0.25, 0.3) is 0 Å². The van der Waals surface area contributed by atoms with Gasteiger partial charge in [0, 0.05) is 19.6 Å². The molecule has 1 aliphatic carbocycles. The highest BCUT2D eigenvalue weighted by atomic mass is 15.1. The second-order valence-electron chi connectivity index (χ2n) is 6.35. The van der Waals surface area contributed by atoms with Crippen LogP contribution >= 0.6 is 0 Å². The maximum Gasteiger partial charge on any atom is 0.188 e. The maximum atomic E-state index is 5.87. The van der Waals surface area contributed by atoms with Crippen molar-refractivity contribution in [1.29, 1.82) is 0 Å². The van der Waals surface area contributed by atoms with E-state index in [1.54, 1.807) is 0 Å². The molecule has 1 aliphatic heterocycles. The number of likely N-dealkylation sites (tertiary alicyclic amines) is 1. The molecule has 0 aromatic carbocycles. The second kappa shape index (κ2) is 7.73. The second-order valence-corrected chi connectivity index (χ2v) is 6.35. The van der Waals surface area contributed by atoms with Crippen LogP contribution in [-0.4, -0.2) is 43.6 Å². The third kappa shape index (κ3) is 5.39. The van der Waals surface area contributed by atoms with Gasteiger partial charge in [0.1, 0.15) is 0 Å². The van der Waals surface area contributed by atoms with Crippen LogP contribution in [0.1, 0.15) is 45.4 Å². The summed E-state index contributed by atoms with van der Waals surface area (Å²) in [7, 11) is 0. The molecule has 2 rings (SSSR count). The van der Waals surface area contributed by atoms with Gasteiger partial charge in [-0.3, -0.25) is 4.99 Å². The average Bonchev–Trinajstić information content (AvgIpc) is 2.33. The Kier molecular flexibility index (Phi) is 5.95.